The average Bonchev–Trinajstić information content (AvgIpc) is 2.73. The van der Waals surface area contributed by atoms with Crippen LogP contribution in [-0.2, 0) is 20.1 Å². The lowest BCUT2D eigenvalue weighted by molar-refractivity contribution is -0.147. The van der Waals surface area contributed by atoms with Gasteiger partial charge in [0.1, 0.15) is 6.04 Å². The molecular weight excluding hydrogens is 326 g/mol. The summed E-state index contributed by atoms with van der Waals surface area (Å²) >= 11 is 8.47. The van der Waals surface area contributed by atoms with Crippen LogP contribution in [0.2, 0.25) is 4.34 Å². The molecule has 1 atom stereocenters. The topological polar surface area (TPSA) is 104 Å². The van der Waals surface area contributed by atoms with Crippen LogP contribution in [0.3, 0.4) is 0 Å². The summed E-state index contributed by atoms with van der Waals surface area (Å²) in [5, 5.41) is 19.5. The molecule has 0 saturated heterocycles. The number of rotatable bonds is 8. The Morgan fingerprint density at radius 1 is 1.35 bits per heavy atom. The van der Waals surface area contributed by atoms with Crippen LogP contribution in [0, 0.1) is 0 Å². The first kappa shape index (κ1) is 16.8. The summed E-state index contributed by atoms with van der Waals surface area (Å²) in [5.74, 6) is -2.51. The highest BCUT2D eigenvalue weighted by atomic mass is 35.5. The monoisotopic (exact) mass is 337 g/mol. The maximum atomic E-state index is 11.5. The number of thiophene rings is 1. The summed E-state index contributed by atoms with van der Waals surface area (Å²) in [7, 11) is 0. The number of hydrogen-bond acceptors (Lipinski definition) is 5. The zero-order valence-corrected chi connectivity index (χ0v) is 12.6. The number of carboxylic acid groups (broad SMARTS) is 2. The van der Waals surface area contributed by atoms with Crippen LogP contribution in [0.5, 0.6) is 0 Å². The van der Waals surface area contributed by atoms with Crippen molar-refractivity contribution in [2.24, 2.45) is 0 Å². The number of halogens is 1. The summed E-state index contributed by atoms with van der Waals surface area (Å²) in [6.07, 6.45) is -0.647. The van der Waals surface area contributed by atoms with E-state index in [2.05, 4.69) is 5.32 Å². The molecule has 1 heterocycles. The predicted octanol–water partition coefficient (Wildman–Crippen LogP) is 1.68. The van der Waals surface area contributed by atoms with Crippen molar-refractivity contribution in [3.8, 4) is 0 Å². The minimum absolute atomic E-state index is 0.0545. The summed E-state index contributed by atoms with van der Waals surface area (Å²) in [6.45, 7) is 0. The van der Waals surface area contributed by atoms with Gasteiger partial charge in [-0.1, -0.05) is 11.6 Å². The Bertz CT molecular complexity index is 505. The van der Waals surface area contributed by atoms with Crippen molar-refractivity contribution in [3.63, 3.8) is 0 Å². The quantitative estimate of drug-likeness (QED) is 0.666. The highest BCUT2D eigenvalue weighted by Crippen LogP contribution is 2.24. The third-order valence-electron chi connectivity index (χ3n) is 2.12. The van der Waals surface area contributed by atoms with E-state index in [1.165, 1.54) is 23.1 Å². The van der Waals surface area contributed by atoms with Crippen LogP contribution < -0.4 is 5.32 Å². The van der Waals surface area contributed by atoms with E-state index in [4.69, 9.17) is 21.8 Å². The van der Waals surface area contributed by atoms with Crippen molar-refractivity contribution in [2.75, 3.05) is 5.75 Å². The van der Waals surface area contributed by atoms with E-state index < -0.39 is 30.3 Å². The molecular formula is C11H12ClNO5S2. The molecule has 0 aliphatic carbocycles. The lowest BCUT2D eigenvalue weighted by atomic mass is 10.2. The molecule has 0 aromatic carbocycles. The Morgan fingerprint density at radius 2 is 2.05 bits per heavy atom. The smallest absolute Gasteiger partial charge is 0.326 e. The van der Waals surface area contributed by atoms with Gasteiger partial charge in [-0.05, 0) is 12.1 Å². The molecule has 0 spiro atoms. The van der Waals surface area contributed by atoms with Crippen LogP contribution in [0.1, 0.15) is 11.3 Å². The van der Waals surface area contributed by atoms with Crippen molar-refractivity contribution in [1.29, 1.82) is 0 Å². The van der Waals surface area contributed by atoms with E-state index >= 15 is 0 Å². The van der Waals surface area contributed by atoms with Crippen molar-refractivity contribution >= 4 is 52.5 Å². The number of carboxylic acids is 2. The van der Waals surface area contributed by atoms with Gasteiger partial charge < -0.3 is 15.5 Å². The maximum absolute atomic E-state index is 11.5. The number of nitrogens with one attached hydrogen (secondary N) is 1. The van der Waals surface area contributed by atoms with Gasteiger partial charge in [0.25, 0.3) is 0 Å². The molecule has 110 valence electrons. The van der Waals surface area contributed by atoms with Gasteiger partial charge in [-0.25, -0.2) is 4.79 Å². The fraction of sp³-hybridized carbons (Fsp3) is 0.364. The van der Waals surface area contributed by atoms with Crippen molar-refractivity contribution in [1.82, 2.24) is 5.32 Å². The molecule has 9 heteroatoms. The number of amides is 1. The number of carbonyl (C=O) groups is 3. The van der Waals surface area contributed by atoms with Gasteiger partial charge in [0.05, 0.1) is 16.5 Å². The normalized spacial score (nSPS) is 11.8. The van der Waals surface area contributed by atoms with Crippen molar-refractivity contribution in [3.05, 3.63) is 21.3 Å². The van der Waals surface area contributed by atoms with E-state index in [1.54, 1.807) is 6.07 Å². The average molecular weight is 338 g/mol. The van der Waals surface area contributed by atoms with Gasteiger partial charge in [-0.3, -0.25) is 9.59 Å². The molecule has 1 amide bonds. The lowest BCUT2D eigenvalue weighted by Gasteiger charge is -2.11. The maximum Gasteiger partial charge on any atom is 0.326 e. The fourth-order valence-electron chi connectivity index (χ4n) is 1.28. The van der Waals surface area contributed by atoms with Gasteiger partial charge in [-0.15, -0.1) is 23.1 Å². The molecule has 0 unspecified atom stereocenters. The Kier molecular flexibility index (Phi) is 6.83. The first-order valence-corrected chi connectivity index (χ1v) is 7.79. The Morgan fingerprint density at radius 3 is 2.55 bits per heavy atom. The molecule has 0 saturated carbocycles. The van der Waals surface area contributed by atoms with E-state index in [9.17, 15) is 14.4 Å². The van der Waals surface area contributed by atoms with E-state index in [1.807, 2.05) is 6.07 Å². The van der Waals surface area contributed by atoms with E-state index in [0.717, 1.165) is 4.88 Å². The Hall–Kier alpha value is -1.25. The minimum Gasteiger partial charge on any atom is -0.481 e. The van der Waals surface area contributed by atoms with Crippen molar-refractivity contribution < 1.29 is 24.6 Å². The number of aliphatic carboxylic acids is 2. The standard InChI is InChI=1S/C11H12ClNO5S2/c12-8-2-1-6(20-8)4-19-5-9(14)13-7(11(17)18)3-10(15)16/h1-2,7H,3-5H2,(H,13,14)(H,15,16)(H,17,18)/t7-/m0/s1. The first-order valence-electron chi connectivity index (χ1n) is 5.44. The van der Waals surface area contributed by atoms with Gasteiger partial charge in [0.2, 0.25) is 5.91 Å². The zero-order chi connectivity index (χ0) is 15.1. The Balaban J connectivity index is 2.34. The summed E-state index contributed by atoms with van der Waals surface area (Å²) in [5.41, 5.74) is 0. The third-order valence-corrected chi connectivity index (χ3v) is 4.51. The highest BCUT2D eigenvalue weighted by Gasteiger charge is 2.22. The summed E-state index contributed by atoms with van der Waals surface area (Å²) in [4.78, 5) is 33.8. The van der Waals surface area contributed by atoms with Crippen LogP contribution in [0.25, 0.3) is 0 Å². The van der Waals surface area contributed by atoms with Gasteiger partial charge >= 0.3 is 11.9 Å². The van der Waals surface area contributed by atoms with Crippen LogP contribution in [-0.4, -0.2) is 39.9 Å². The molecule has 0 aliphatic heterocycles. The largest absolute Gasteiger partial charge is 0.481 e. The molecule has 1 rings (SSSR count). The minimum atomic E-state index is -1.41. The second kappa shape index (κ2) is 8.13. The van der Waals surface area contributed by atoms with Gasteiger partial charge in [-0.2, -0.15) is 0 Å². The van der Waals surface area contributed by atoms with Crippen LogP contribution in [0.15, 0.2) is 12.1 Å². The van der Waals surface area contributed by atoms with E-state index in [0.29, 0.717) is 10.1 Å². The molecule has 0 aliphatic rings. The second-order valence-corrected chi connectivity index (χ2v) is 6.54. The predicted molar refractivity (Wildman–Crippen MR) is 77.3 cm³/mol. The molecule has 0 fully saturated rings. The van der Waals surface area contributed by atoms with Gasteiger partial charge in [0, 0.05) is 10.6 Å². The third kappa shape index (κ3) is 6.27. The molecule has 1 aromatic rings. The SMILES string of the molecule is O=C(O)C[C@H](NC(=O)CSCc1ccc(Cl)s1)C(=O)O. The molecule has 0 radical (unpaired) electrons. The Labute approximate surface area is 128 Å². The second-order valence-electron chi connectivity index (χ2n) is 3.75. The van der Waals surface area contributed by atoms with Crippen molar-refractivity contribution in [2.45, 2.75) is 18.2 Å². The fourth-order valence-corrected chi connectivity index (χ4v) is 3.32. The molecule has 1 aromatic heterocycles. The van der Waals surface area contributed by atoms with E-state index in [-0.39, 0.29) is 5.75 Å². The lowest BCUT2D eigenvalue weighted by Crippen LogP contribution is -2.43. The van der Waals surface area contributed by atoms with Crippen LogP contribution in [0.4, 0.5) is 0 Å². The molecule has 6 nitrogen and oxygen atoms in total. The summed E-state index contributed by atoms with van der Waals surface area (Å²) in [6, 6.07) is 2.20. The number of hydrogen-bond donors (Lipinski definition) is 3. The van der Waals surface area contributed by atoms with Gasteiger partial charge in [0.15, 0.2) is 0 Å². The first-order chi connectivity index (χ1) is 9.38. The molecule has 0 bridgehead atoms. The molecule has 3 N–H and O–H groups in total. The summed E-state index contributed by atoms with van der Waals surface area (Å²) < 4.78 is 0.664. The van der Waals surface area contributed by atoms with Crippen LogP contribution >= 0.6 is 34.7 Å². The molecule has 20 heavy (non-hydrogen) atoms. The highest BCUT2D eigenvalue weighted by molar-refractivity contribution is 7.99. The number of carbonyl (C=O) groups excluding carboxylic acids is 1. The zero-order valence-electron chi connectivity index (χ0n) is 10.2. The number of thioether (sulfide) groups is 1.